The Labute approximate surface area is 111 Å². The number of benzene rings is 1. The molecule has 3 aromatic rings. The summed E-state index contributed by atoms with van der Waals surface area (Å²) in [7, 11) is 2.05. The molecule has 0 aliphatic carbocycles. The zero-order valence-electron chi connectivity index (χ0n) is 10.9. The van der Waals surface area contributed by atoms with Gasteiger partial charge in [-0.2, -0.15) is 0 Å². The van der Waals surface area contributed by atoms with Crippen molar-refractivity contribution in [1.29, 1.82) is 0 Å². The Balaban J connectivity index is 2.08. The fourth-order valence-corrected chi connectivity index (χ4v) is 2.33. The number of para-hydroxylation sites is 1. The number of fused-ring (bicyclic) bond motifs is 1. The van der Waals surface area contributed by atoms with Crippen molar-refractivity contribution < 1.29 is 0 Å². The number of nitrogens with zero attached hydrogens (tertiary/aromatic N) is 3. The van der Waals surface area contributed by atoms with Gasteiger partial charge in [0.2, 0.25) is 0 Å². The summed E-state index contributed by atoms with van der Waals surface area (Å²) in [5.74, 6) is 1.04. The Hall–Kier alpha value is -2.20. The van der Waals surface area contributed by atoms with Crippen molar-refractivity contribution in [2.75, 3.05) is 0 Å². The Morgan fingerprint density at radius 3 is 2.68 bits per heavy atom. The third-order valence-electron chi connectivity index (χ3n) is 3.42. The first-order valence-electron chi connectivity index (χ1n) is 6.31. The first-order valence-corrected chi connectivity index (χ1v) is 6.31. The van der Waals surface area contributed by atoms with Gasteiger partial charge in [-0.05, 0) is 29.3 Å². The Morgan fingerprint density at radius 2 is 1.95 bits per heavy atom. The smallest absolute Gasteiger partial charge is 0.114 e. The Bertz CT molecular complexity index is 701. The van der Waals surface area contributed by atoms with Gasteiger partial charge in [-0.25, -0.2) is 4.98 Å². The van der Waals surface area contributed by atoms with E-state index >= 15 is 0 Å². The maximum Gasteiger partial charge on any atom is 0.114 e. The van der Waals surface area contributed by atoms with Crippen LogP contribution >= 0.6 is 0 Å². The number of hydrogen-bond donors (Lipinski definition) is 1. The zero-order valence-corrected chi connectivity index (χ0v) is 10.9. The Morgan fingerprint density at radius 1 is 1.16 bits per heavy atom. The van der Waals surface area contributed by atoms with E-state index in [0.29, 0.717) is 6.54 Å². The van der Waals surface area contributed by atoms with Gasteiger partial charge in [0.1, 0.15) is 5.82 Å². The molecule has 0 aliphatic rings. The molecule has 0 unspecified atom stereocenters. The summed E-state index contributed by atoms with van der Waals surface area (Å²) in [5, 5.41) is 0. The van der Waals surface area contributed by atoms with Crippen LogP contribution in [0.1, 0.15) is 17.0 Å². The second-order valence-corrected chi connectivity index (χ2v) is 4.61. The summed E-state index contributed by atoms with van der Waals surface area (Å²) in [6.07, 6.45) is 4.42. The van der Waals surface area contributed by atoms with Gasteiger partial charge in [0, 0.05) is 32.4 Å². The molecule has 0 saturated heterocycles. The van der Waals surface area contributed by atoms with Crippen molar-refractivity contribution in [2.24, 2.45) is 12.8 Å². The number of nitrogens with two attached hydrogens (primary N) is 1. The van der Waals surface area contributed by atoms with E-state index in [1.54, 1.807) is 0 Å². The molecule has 0 aliphatic heterocycles. The number of rotatable bonds is 3. The molecule has 19 heavy (non-hydrogen) atoms. The third-order valence-corrected chi connectivity index (χ3v) is 3.42. The van der Waals surface area contributed by atoms with Crippen molar-refractivity contribution in [3.63, 3.8) is 0 Å². The van der Waals surface area contributed by atoms with Crippen LogP contribution in [0.4, 0.5) is 0 Å². The highest BCUT2D eigenvalue weighted by molar-refractivity contribution is 5.79. The van der Waals surface area contributed by atoms with Crippen molar-refractivity contribution in [2.45, 2.75) is 13.0 Å². The lowest BCUT2D eigenvalue weighted by Gasteiger charge is -2.02. The number of aryl methyl sites for hydroxylation is 1. The first-order chi connectivity index (χ1) is 9.29. The average Bonchev–Trinajstić information content (AvgIpc) is 2.77. The zero-order chi connectivity index (χ0) is 13.2. The highest BCUT2D eigenvalue weighted by atomic mass is 15.1. The molecule has 0 fully saturated rings. The van der Waals surface area contributed by atoms with Crippen LogP contribution in [0.5, 0.6) is 0 Å². The number of pyridine rings is 1. The van der Waals surface area contributed by atoms with Crippen molar-refractivity contribution >= 4 is 11.0 Å². The van der Waals surface area contributed by atoms with Gasteiger partial charge in [-0.3, -0.25) is 4.98 Å². The third kappa shape index (κ3) is 2.11. The van der Waals surface area contributed by atoms with E-state index < -0.39 is 0 Å². The fourth-order valence-electron chi connectivity index (χ4n) is 2.33. The monoisotopic (exact) mass is 252 g/mol. The van der Waals surface area contributed by atoms with Crippen LogP contribution in [0.15, 0.2) is 42.7 Å². The molecule has 0 saturated carbocycles. The SMILES string of the molecule is Cn1c(Cc2ccncc2)nc2c(CN)cccc21. The topological polar surface area (TPSA) is 56.7 Å². The van der Waals surface area contributed by atoms with E-state index in [4.69, 9.17) is 10.7 Å². The quantitative estimate of drug-likeness (QED) is 0.776. The second-order valence-electron chi connectivity index (χ2n) is 4.61. The number of hydrogen-bond acceptors (Lipinski definition) is 3. The second kappa shape index (κ2) is 4.82. The van der Waals surface area contributed by atoms with Gasteiger partial charge in [0.25, 0.3) is 0 Å². The molecule has 96 valence electrons. The van der Waals surface area contributed by atoms with Gasteiger partial charge in [-0.15, -0.1) is 0 Å². The molecule has 2 aromatic heterocycles. The molecule has 3 rings (SSSR count). The first kappa shape index (κ1) is 11.9. The summed E-state index contributed by atoms with van der Waals surface area (Å²) >= 11 is 0. The molecule has 0 bridgehead atoms. The highest BCUT2D eigenvalue weighted by Gasteiger charge is 2.10. The van der Waals surface area contributed by atoms with E-state index in [0.717, 1.165) is 28.8 Å². The molecular weight excluding hydrogens is 236 g/mol. The summed E-state index contributed by atoms with van der Waals surface area (Å²) in [6.45, 7) is 0.517. The molecule has 1 aromatic carbocycles. The summed E-state index contributed by atoms with van der Waals surface area (Å²) in [5.41, 5.74) is 10.2. The van der Waals surface area contributed by atoms with Crippen molar-refractivity contribution in [3.05, 3.63) is 59.7 Å². The van der Waals surface area contributed by atoms with Gasteiger partial charge in [0.15, 0.2) is 0 Å². The van der Waals surface area contributed by atoms with Crippen LogP contribution in [-0.4, -0.2) is 14.5 Å². The van der Waals surface area contributed by atoms with E-state index in [-0.39, 0.29) is 0 Å². The molecule has 0 spiro atoms. The molecule has 2 N–H and O–H groups in total. The Kier molecular flexibility index (Phi) is 3.01. The average molecular weight is 252 g/mol. The van der Waals surface area contributed by atoms with Crippen molar-refractivity contribution in [1.82, 2.24) is 14.5 Å². The van der Waals surface area contributed by atoms with Crippen LogP contribution in [0.25, 0.3) is 11.0 Å². The minimum atomic E-state index is 0.517. The summed E-state index contributed by atoms with van der Waals surface area (Å²) < 4.78 is 2.13. The standard InChI is InChI=1S/C15H16N4/c1-19-13-4-2-3-12(10-16)15(13)18-14(19)9-11-5-7-17-8-6-11/h2-8H,9-10,16H2,1H3. The van der Waals surface area contributed by atoms with Crippen LogP contribution in [-0.2, 0) is 20.0 Å². The van der Waals surface area contributed by atoms with Crippen LogP contribution < -0.4 is 5.73 Å². The van der Waals surface area contributed by atoms with E-state index in [1.165, 1.54) is 5.56 Å². The number of aromatic nitrogens is 3. The largest absolute Gasteiger partial charge is 0.331 e. The van der Waals surface area contributed by atoms with E-state index in [9.17, 15) is 0 Å². The summed E-state index contributed by atoms with van der Waals surface area (Å²) in [4.78, 5) is 8.78. The van der Waals surface area contributed by atoms with E-state index in [1.807, 2.05) is 43.7 Å². The molecule has 4 nitrogen and oxygen atoms in total. The minimum Gasteiger partial charge on any atom is -0.331 e. The molecular formula is C15H16N4. The molecule has 2 heterocycles. The lowest BCUT2D eigenvalue weighted by Crippen LogP contribution is -1.98. The predicted molar refractivity (Wildman–Crippen MR) is 75.6 cm³/mol. The minimum absolute atomic E-state index is 0.517. The van der Waals surface area contributed by atoms with E-state index in [2.05, 4.69) is 15.6 Å². The normalized spacial score (nSPS) is 11.1. The van der Waals surface area contributed by atoms with Gasteiger partial charge < -0.3 is 10.3 Å². The number of imidazole rings is 1. The van der Waals surface area contributed by atoms with Gasteiger partial charge in [0.05, 0.1) is 11.0 Å². The molecule has 0 amide bonds. The maximum atomic E-state index is 5.77. The van der Waals surface area contributed by atoms with Gasteiger partial charge >= 0.3 is 0 Å². The predicted octanol–water partition coefficient (Wildman–Crippen LogP) is 2.02. The molecule has 4 heteroatoms. The van der Waals surface area contributed by atoms with Crippen LogP contribution in [0, 0.1) is 0 Å². The fraction of sp³-hybridized carbons (Fsp3) is 0.200. The molecule has 0 atom stereocenters. The maximum absolute atomic E-state index is 5.77. The van der Waals surface area contributed by atoms with Crippen LogP contribution in [0.2, 0.25) is 0 Å². The summed E-state index contributed by atoms with van der Waals surface area (Å²) in [6, 6.07) is 10.2. The highest BCUT2D eigenvalue weighted by Crippen LogP contribution is 2.20. The molecule has 0 radical (unpaired) electrons. The van der Waals surface area contributed by atoms with Gasteiger partial charge in [-0.1, -0.05) is 12.1 Å². The lowest BCUT2D eigenvalue weighted by atomic mass is 10.2. The van der Waals surface area contributed by atoms with Crippen molar-refractivity contribution in [3.8, 4) is 0 Å². The lowest BCUT2D eigenvalue weighted by molar-refractivity contribution is 0.844. The van der Waals surface area contributed by atoms with Crippen LogP contribution in [0.3, 0.4) is 0 Å².